The van der Waals surface area contributed by atoms with Crippen LogP contribution in [-0.2, 0) is 10.0 Å². The Morgan fingerprint density at radius 3 is 2.30 bits per heavy atom. The van der Waals surface area contributed by atoms with Crippen LogP contribution in [0, 0.1) is 0 Å². The fraction of sp³-hybridized carbons (Fsp3) is 0.316. The number of methoxy groups -OCH3 is 1. The van der Waals surface area contributed by atoms with E-state index in [1.807, 2.05) is 0 Å². The van der Waals surface area contributed by atoms with Crippen molar-refractivity contribution in [3.8, 4) is 5.75 Å². The van der Waals surface area contributed by atoms with Crippen molar-refractivity contribution < 1.29 is 17.9 Å². The molecule has 0 saturated heterocycles. The van der Waals surface area contributed by atoms with E-state index in [4.69, 9.17) is 10.5 Å². The molecule has 0 atom stereocenters. The van der Waals surface area contributed by atoms with Gasteiger partial charge in [0.2, 0.25) is 0 Å². The van der Waals surface area contributed by atoms with Gasteiger partial charge >= 0.3 is 0 Å². The van der Waals surface area contributed by atoms with Crippen LogP contribution in [-0.4, -0.2) is 40.6 Å². The minimum Gasteiger partial charge on any atom is -0.495 e. The molecule has 146 valence electrons. The number of nitrogens with two attached hydrogens (primary N) is 1. The predicted octanol–water partition coefficient (Wildman–Crippen LogP) is 1.99. The van der Waals surface area contributed by atoms with E-state index in [1.54, 1.807) is 38.1 Å². The van der Waals surface area contributed by atoms with Gasteiger partial charge in [0.1, 0.15) is 5.75 Å². The van der Waals surface area contributed by atoms with E-state index in [-0.39, 0.29) is 10.8 Å². The van der Waals surface area contributed by atoms with Gasteiger partial charge in [0.15, 0.2) is 0 Å². The van der Waals surface area contributed by atoms with Crippen molar-refractivity contribution in [2.45, 2.75) is 24.3 Å². The fourth-order valence-electron chi connectivity index (χ4n) is 2.37. The molecule has 27 heavy (non-hydrogen) atoms. The van der Waals surface area contributed by atoms with E-state index in [9.17, 15) is 13.2 Å². The fourth-order valence-corrected chi connectivity index (χ4v) is 3.57. The summed E-state index contributed by atoms with van der Waals surface area (Å²) >= 11 is 0. The second-order valence-electron chi connectivity index (χ2n) is 6.84. The number of hydrogen-bond donors (Lipinski definition) is 2. The summed E-state index contributed by atoms with van der Waals surface area (Å²) in [5.41, 5.74) is 6.10. The third-order valence-electron chi connectivity index (χ3n) is 3.90. The van der Waals surface area contributed by atoms with Crippen molar-refractivity contribution in [3.05, 3.63) is 54.1 Å². The van der Waals surface area contributed by atoms with Gasteiger partial charge in [-0.15, -0.1) is 0 Å². The maximum atomic E-state index is 12.9. The van der Waals surface area contributed by atoms with Crippen molar-refractivity contribution in [3.63, 3.8) is 0 Å². The first-order valence-corrected chi connectivity index (χ1v) is 9.79. The molecule has 1 amide bonds. The van der Waals surface area contributed by atoms with Crippen molar-refractivity contribution in [1.29, 1.82) is 0 Å². The van der Waals surface area contributed by atoms with Gasteiger partial charge < -0.3 is 15.8 Å². The Morgan fingerprint density at radius 2 is 1.74 bits per heavy atom. The Morgan fingerprint density at radius 1 is 1.15 bits per heavy atom. The van der Waals surface area contributed by atoms with Crippen molar-refractivity contribution in [1.82, 2.24) is 5.32 Å². The molecule has 3 N–H and O–H groups in total. The highest BCUT2D eigenvalue weighted by Crippen LogP contribution is 2.30. The topological polar surface area (TPSA) is 102 Å². The monoisotopic (exact) mass is 391 g/mol. The Hall–Kier alpha value is -2.58. The summed E-state index contributed by atoms with van der Waals surface area (Å²) in [6, 6.07) is 12.6. The van der Waals surface area contributed by atoms with Crippen LogP contribution in [0.5, 0.6) is 5.75 Å². The molecular weight excluding hydrogens is 366 g/mol. The number of ether oxygens (including phenoxy) is 1. The Labute approximate surface area is 160 Å². The Bertz CT molecular complexity index is 903. The molecule has 7 nitrogen and oxygen atoms in total. The first kappa shape index (κ1) is 20.7. The third-order valence-corrected chi connectivity index (χ3v) is 5.69. The summed E-state index contributed by atoms with van der Waals surface area (Å²) in [6.07, 6.45) is 0. The number of amides is 1. The Balaban J connectivity index is 2.23. The largest absolute Gasteiger partial charge is 0.495 e. The highest BCUT2D eigenvalue weighted by molar-refractivity contribution is 7.92. The lowest BCUT2D eigenvalue weighted by Gasteiger charge is -2.22. The first-order chi connectivity index (χ1) is 12.6. The van der Waals surface area contributed by atoms with Crippen LogP contribution >= 0.6 is 0 Å². The molecule has 2 aromatic rings. The molecule has 2 rings (SSSR count). The lowest BCUT2D eigenvalue weighted by molar-refractivity contribution is 0.0946. The van der Waals surface area contributed by atoms with Gasteiger partial charge in [-0.25, -0.2) is 8.42 Å². The molecule has 0 aliphatic heterocycles. The summed E-state index contributed by atoms with van der Waals surface area (Å²) in [6.45, 7) is 3.91. The van der Waals surface area contributed by atoms with Crippen molar-refractivity contribution in [2.75, 3.05) is 25.0 Å². The van der Waals surface area contributed by atoms with Gasteiger partial charge in [-0.05, 0) is 50.2 Å². The van der Waals surface area contributed by atoms with Gasteiger partial charge in [0, 0.05) is 24.7 Å². The van der Waals surface area contributed by atoms with E-state index in [1.165, 1.54) is 38.4 Å². The molecule has 0 aromatic heterocycles. The van der Waals surface area contributed by atoms with Crippen LogP contribution in [0.1, 0.15) is 24.2 Å². The summed E-state index contributed by atoms with van der Waals surface area (Å²) < 4.78 is 32.2. The van der Waals surface area contributed by atoms with Gasteiger partial charge in [-0.1, -0.05) is 12.1 Å². The average Bonchev–Trinajstić information content (AvgIpc) is 2.64. The number of para-hydroxylation sites is 2. The second kappa shape index (κ2) is 7.98. The SMILES string of the molecule is COc1ccccc1N(C)S(=O)(=O)c1ccc(C(=O)NCC(C)(C)N)cc1. The molecule has 0 saturated carbocycles. The number of benzene rings is 2. The summed E-state index contributed by atoms with van der Waals surface area (Å²) in [5.74, 6) is 0.138. The summed E-state index contributed by atoms with van der Waals surface area (Å²) in [7, 11) is -0.864. The smallest absolute Gasteiger partial charge is 0.264 e. The van der Waals surface area contributed by atoms with Crippen molar-refractivity contribution in [2.24, 2.45) is 5.73 Å². The molecule has 0 radical (unpaired) electrons. The number of nitrogens with zero attached hydrogens (tertiary/aromatic N) is 1. The molecule has 0 unspecified atom stereocenters. The van der Waals surface area contributed by atoms with E-state index in [0.717, 1.165) is 4.31 Å². The van der Waals surface area contributed by atoms with Crippen molar-refractivity contribution >= 4 is 21.6 Å². The molecular formula is C19H25N3O4S. The zero-order valence-corrected chi connectivity index (χ0v) is 16.7. The lowest BCUT2D eigenvalue weighted by atomic mass is 10.1. The molecule has 0 spiro atoms. The van der Waals surface area contributed by atoms with Crippen LogP contribution in [0.25, 0.3) is 0 Å². The maximum Gasteiger partial charge on any atom is 0.264 e. The number of anilines is 1. The van der Waals surface area contributed by atoms with E-state index < -0.39 is 15.6 Å². The normalized spacial score (nSPS) is 11.7. The molecule has 8 heteroatoms. The minimum absolute atomic E-state index is 0.0756. The van der Waals surface area contributed by atoms with Crippen LogP contribution in [0.4, 0.5) is 5.69 Å². The minimum atomic E-state index is -3.80. The molecule has 0 aliphatic rings. The van der Waals surface area contributed by atoms with Gasteiger partial charge in [0.05, 0.1) is 17.7 Å². The zero-order valence-electron chi connectivity index (χ0n) is 15.9. The average molecular weight is 391 g/mol. The van der Waals surface area contributed by atoms with E-state index in [0.29, 0.717) is 23.5 Å². The standard InChI is InChI=1S/C19H25N3O4S/c1-19(2,20)13-21-18(23)14-9-11-15(12-10-14)27(24,25)22(3)16-7-5-6-8-17(16)26-4/h5-12H,13,20H2,1-4H3,(H,21,23). The highest BCUT2D eigenvalue weighted by Gasteiger charge is 2.24. The van der Waals surface area contributed by atoms with Crippen LogP contribution < -0.4 is 20.1 Å². The summed E-state index contributed by atoms with van der Waals surface area (Å²) in [4.78, 5) is 12.2. The second-order valence-corrected chi connectivity index (χ2v) is 8.81. The summed E-state index contributed by atoms with van der Waals surface area (Å²) in [5, 5.41) is 2.72. The number of rotatable bonds is 7. The predicted molar refractivity (Wildman–Crippen MR) is 106 cm³/mol. The van der Waals surface area contributed by atoms with Gasteiger partial charge in [0.25, 0.3) is 15.9 Å². The van der Waals surface area contributed by atoms with Crippen LogP contribution in [0.3, 0.4) is 0 Å². The quantitative estimate of drug-likeness (QED) is 0.751. The molecule has 0 aliphatic carbocycles. The molecule has 2 aromatic carbocycles. The van der Waals surface area contributed by atoms with Gasteiger partial charge in [-0.2, -0.15) is 0 Å². The van der Waals surface area contributed by atoms with E-state index >= 15 is 0 Å². The third kappa shape index (κ3) is 4.99. The lowest BCUT2D eigenvalue weighted by Crippen LogP contribution is -2.45. The maximum absolute atomic E-state index is 12.9. The number of hydrogen-bond acceptors (Lipinski definition) is 5. The highest BCUT2D eigenvalue weighted by atomic mass is 32.2. The van der Waals surface area contributed by atoms with Gasteiger partial charge in [-0.3, -0.25) is 9.10 Å². The Kier molecular flexibility index (Phi) is 6.12. The molecule has 0 bridgehead atoms. The molecule has 0 fully saturated rings. The number of carbonyl (C=O) groups excluding carboxylic acids is 1. The van der Waals surface area contributed by atoms with Crippen LogP contribution in [0.2, 0.25) is 0 Å². The first-order valence-electron chi connectivity index (χ1n) is 8.35. The molecule has 0 heterocycles. The van der Waals surface area contributed by atoms with Crippen LogP contribution in [0.15, 0.2) is 53.4 Å². The zero-order chi connectivity index (χ0) is 20.2. The number of sulfonamides is 1. The van der Waals surface area contributed by atoms with E-state index in [2.05, 4.69) is 5.32 Å². The number of carbonyl (C=O) groups is 1. The number of nitrogens with one attached hydrogen (secondary N) is 1.